The highest BCUT2D eigenvalue weighted by atomic mass is 32.1. The van der Waals surface area contributed by atoms with Crippen LogP contribution in [0.2, 0.25) is 0 Å². The average Bonchev–Trinajstić information content (AvgIpc) is 3.17. The highest BCUT2D eigenvalue weighted by molar-refractivity contribution is 7.14. The van der Waals surface area contributed by atoms with Crippen LogP contribution in [0.3, 0.4) is 0 Å². The molecule has 4 rings (SSSR count). The van der Waals surface area contributed by atoms with Gasteiger partial charge in [0.05, 0.1) is 11.3 Å². The van der Waals surface area contributed by atoms with Crippen LogP contribution in [0.15, 0.2) is 53.9 Å². The first-order chi connectivity index (χ1) is 13.9. The summed E-state index contributed by atoms with van der Waals surface area (Å²) in [5.74, 6) is 0. The number of alkyl halides is 3. The van der Waals surface area contributed by atoms with Crippen molar-refractivity contribution in [2.45, 2.75) is 6.18 Å². The summed E-state index contributed by atoms with van der Waals surface area (Å²) in [4.78, 5) is 9.21. The predicted octanol–water partition coefficient (Wildman–Crippen LogP) is 5.32. The third-order valence-electron chi connectivity index (χ3n) is 4.98. The molecule has 152 valence electrons. The Morgan fingerprint density at radius 1 is 1.00 bits per heavy atom. The molecule has 1 aliphatic heterocycles. The number of piperazine rings is 1. The number of benzene rings is 2. The molecule has 2 aromatic carbocycles. The Labute approximate surface area is 171 Å². The van der Waals surface area contributed by atoms with Gasteiger partial charge in [-0.2, -0.15) is 13.2 Å². The molecule has 0 radical (unpaired) electrons. The van der Waals surface area contributed by atoms with Gasteiger partial charge in [-0.05, 0) is 37.4 Å². The van der Waals surface area contributed by atoms with E-state index in [1.807, 2.05) is 17.5 Å². The van der Waals surface area contributed by atoms with Gasteiger partial charge in [0.1, 0.15) is 0 Å². The summed E-state index contributed by atoms with van der Waals surface area (Å²) in [6, 6.07) is 13.4. The predicted molar refractivity (Wildman–Crippen MR) is 112 cm³/mol. The van der Waals surface area contributed by atoms with Crippen LogP contribution in [0.25, 0.3) is 11.3 Å². The second kappa shape index (κ2) is 8.04. The molecule has 0 atom stereocenters. The van der Waals surface area contributed by atoms with Crippen LogP contribution in [0.4, 0.5) is 29.7 Å². The zero-order valence-corrected chi connectivity index (χ0v) is 16.7. The topological polar surface area (TPSA) is 31.4 Å². The molecule has 3 aromatic rings. The molecule has 4 nitrogen and oxygen atoms in total. The Morgan fingerprint density at radius 2 is 1.72 bits per heavy atom. The largest absolute Gasteiger partial charge is 0.416 e. The van der Waals surface area contributed by atoms with Gasteiger partial charge in [-0.25, -0.2) is 4.98 Å². The lowest BCUT2D eigenvalue weighted by Crippen LogP contribution is -2.44. The maximum absolute atomic E-state index is 12.9. The number of aromatic nitrogens is 1. The summed E-state index contributed by atoms with van der Waals surface area (Å²) in [7, 11) is 2.13. The molecular weight excluding hydrogens is 397 g/mol. The molecule has 1 saturated heterocycles. The van der Waals surface area contributed by atoms with Crippen LogP contribution in [0.5, 0.6) is 0 Å². The van der Waals surface area contributed by atoms with Gasteiger partial charge in [0.2, 0.25) is 0 Å². The third-order valence-corrected chi connectivity index (χ3v) is 5.73. The highest BCUT2D eigenvalue weighted by Gasteiger charge is 2.30. The standard InChI is InChI=1S/C21H21F3N4S/c1-27-9-11-28(12-10-27)18-7-5-15(6-8-18)19-14-29-20(26-19)25-17-4-2-3-16(13-17)21(22,23)24/h2-8,13-14H,9-12H2,1H3,(H,25,26). The van der Waals surface area contributed by atoms with Crippen molar-refractivity contribution in [3.05, 3.63) is 59.5 Å². The van der Waals surface area contributed by atoms with E-state index in [0.29, 0.717) is 10.8 Å². The van der Waals surface area contributed by atoms with Gasteiger partial charge in [-0.3, -0.25) is 0 Å². The van der Waals surface area contributed by atoms with Crippen LogP contribution in [0.1, 0.15) is 5.56 Å². The van der Waals surface area contributed by atoms with E-state index >= 15 is 0 Å². The molecule has 0 saturated carbocycles. The van der Waals surface area contributed by atoms with Crippen LogP contribution >= 0.6 is 11.3 Å². The fourth-order valence-electron chi connectivity index (χ4n) is 3.27. The first-order valence-electron chi connectivity index (χ1n) is 9.32. The molecule has 0 aliphatic carbocycles. The van der Waals surface area contributed by atoms with Crippen molar-refractivity contribution < 1.29 is 13.2 Å². The molecular formula is C21H21F3N4S. The quantitative estimate of drug-likeness (QED) is 0.621. The Bertz CT molecular complexity index is 961. The third kappa shape index (κ3) is 4.71. The number of halogens is 3. The lowest BCUT2D eigenvalue weighted by Gasteiger charge is -2.34. The van der Waals surface area contributed by atoms with Crippen molar-refractivity contribution >= 4 is 27.8 Å². The van der Waals surface area contributed by atoms with E-state index in [4.69, 9.17) is 0 Å². The van der Waals surface area contributed by atoms with E-state index in [1.165, 1.54) is 23.1 Å². The van der Waals surface area contributed by atoms with Gasteiger partial charge in [0, 0.05) is 48.5 Å². The maximum Gasteiger partial charge on any atom is 0.416 e. The zero-order chi connectivity index (χ0) is 20.4. The lowest BCUT2D eigenvalue weighted by molar-refractivity contribution is -0.137. The highest BCUT2D eigenvalue weighted by Crippen LogP contribution is 2.33. The molecule has 0 spiro atoms. The molecule has 8 heteroatoms. The Morgan fingerprint density at radius 3 is 2.41 bits per heavy atom. The van der Waals surface area contributed by atoms with Gasteiger partial charge < -0.3 is 15.1 Å². The molecule has 0 unspecified atom stereocenters. The molecule has 29 heavy (non-hydrogen) atoms. The van der Waals surface area contributed by atoms with E-state index in [2.05, 4.69) is 39.3 Å². The first kappa shape index (κ1) is 19.7. The second-order valence-corrected chi connectivity index (χ2v) is 7.94. The summed E-state index contributed by atoms with van der Waals surface area (Å²) in [5, 5.41) is 5.43. The summed E-state index contributed by atoms with van der Waals surface area (Å²) < 4.78 is 38.6. The summed E-state index contributed by atoms with van der Waals surface area (Å²) >= 11 is 1.37. The Kier molecular flexibility index (Phi) is 5.47. The Balaban J connectivity index is 1.45. The maximum atomic E-state index is 12.9. The number of rotatable bonds is 4. The number of anilines is 3. The summed E-state index contributed by atoms with van der Waals surface area (Å²) in [6.45, 7) is 4.13. The van der Waals surface area contributed by atoms with E-state index in [9.17, 15) is 13.2 Å². The lowest BCUT2D eigenvalue weighted by atomic mass is 10.1. The normalized spacial score (nSPS) is 15.5. The average molecular weight is 418 g/mol. The van der Waals surface area contributed by atoms with Crippen LogP contribution in [-0.4, -0.2) is 43.1 Å². The van der Waals surface area contributed by atoms with Crippen molar-refractivity contribution in [1.29, 1.82) is 0 Å². The molecule has 0 bridgehead atoms. The van der Waals surface area contributed by atoms with E-state index < -0.39 is 11.7 Å². The van der Waals surface area contributed by atoms with Crippen LogP contribution < -0.4 is 10.2 Å². The van der Waals surface area contributed by atoms with Crippen molar-refractivity contribution in [2.75, 3.05) is 43.4 Å². The zero-order valence-electron chi connectivity index (χ0n) is 15.9. The minimum absolute atomic E-state index is 0.367. The molecule has 1 fully saturated rings. The fourth-order valence-corrected chi connectivity index (χ4v) is 4.01. The van der Waals surface area contributed by atoms with Gasteiger partial charge in [-0.1, -0.05) is 18.2 Å². The van der Waals surface area contributed by atoms with Crippen molar-refractivity contribution in [3.8, 4) is 11.3 Å². The number of nitrogens with zero attached hydrogens (tertiary/aromatic N) is 3. The van der Waals surface area contributed by atoms with Crippen molar-refractivity contribution in [3.63, 3.8) is 0 Å². The second-order valence-electron chi connectivity index (χ2n) is 7.08. The van der Waals surface area contributed by atoms with Crippen LogP contribution in [-0.2, 0) is 6.18 Å². The van der Waals surface area contributed by atoms with Gasteiger partial charge in [0.25, 0.3) is 0 Å². The molecule has 1 aromatic heterocycles. The molecule has 1 aliphatic rings. The van der Waals surface area contributed by atoms with Gasteiger partial charge >= 0.3 is 6.18 Å². The van der Waals surface area contributed by atoms with Crippen molar-refractivity contribution in [2.24, 2.45) is 0 Å². The SMILES string of the molecule is CN1CCN(c2ccc(-c3csc(Nc4cccc(C(F)(F)F)c4)n3)cc2)CC1. The van der Waals surface area contributed by atoms with Gasteiger partial charge in [-0.15, -0.1) is 11.3 Å². The number of thiazole rings is 1. The Hall–Kier alpha value is -2.58. The van der Waals surface area contributed by atoms with E-state index in [0.717, 1.165) is 49.6 Å². The number of likely N-dealkylation sites (N-methyl/N-ethyl adjacent to an activating group) is 1. The smallest absolute Gasteiger partial charge is 0.369 e. The number of hydrogen-bond acceptors (Lipinski definition) is 5. The molecule has 0 amide bonds. The number of nitrogens with one attached hydrogen (secondary N) is 1. The van der Waals surface area contributed by atoms with E-state index in [1.54, 1.807) is 6.07 Å². The summed E-state index contributed by atoms with van der Waals surface area (Å²) in [6.07, 6.45) is -4.36. The first-order valence-corrected chi connectivity index (χ1v) is 10.2. The van der Waals surface area contributed by atoms with Crippen LogP contribution in [0, 0.1) is 0 Å². The molecule has 1 N–H and O–H groups in total. The number of hydrogen-bond donors (Lipinski definition) is 1. The fraction of sp³-hybridized carbons (Fsp3) is 0.286. The minimum atomic E-state index is -4.36. The molecule has 2 heterocycles. The minimum Gasteiger partial charge on any atom is -0.369 e. The van der Waals surface area contributed by atoms with Crippen molar-refractivity contribution in [1.82, 2.24) is 9.88 Å². The monoisotopic (exact) mass is 418 g/mol. The van der Waals surface area contributed by atoms with Gasteiger partial charge in [0.15, 0.2) is 5.13 Å². The summed E-state index contributed by atoms with van der Waals surface area (Å²) in [5.41, 5.74) is 2.66. The van der Waals surface area contributed by atoms with E-state index in [-0.39, 0.29) is 0 Å².